The van der Waals surface area contributed by atoms with E-state index in [1.807, 2.05) is 36.0 Å². The molecular weight excluding hydrogens is 256 g/mol. The number of primary amides is 1. The van der Waals surface area contributed by atoms with Gasteiger partial charge in [0.1, 0.15) is 0 Å². The first-order valence-electron chi connectivity index (χ1n) is 4.59. The normalized spacial score (nSPS) is 10.8. The number of carbonyl (C=O) groups is 1. The quantitative estimate of drug-likeness (QED) is 0.888. The predicted molar refractivity (Wildman–Crippen MR) is 63.5 cm³/mol. The van der Waals surface area contributed by atoms with Crippen LogP contribution in [0.5, 0.6) is 0 Å². The highest BCUT2D eigenvalue weighted by Crippen LogP contribution is 2.24. The summed E-state index contributed by atoms with van der Waals surface area (Å²) in [5.74, 6) is -0.303. The standard InChI is InChI=1S/C11H11BrN2O/c1-14-6-7(4-11(13)15)9-5-8(12)2-3-10(9)14/h2-3,5-6H,4H2,1H3,(H2,13,15). The zero-order valence-electron chi connectivity index (χ0n) is 8.33. The molecule has 1 heterocycles. The monoisotopic (exact) mass is 266 g/mol. The molecule has 2 rings (SSSR count). The summed E-state index contributed by atoms with van der Waals surface area (Å²) in [4.78, 5) is 10.9. The molecule has 1 aromatic carbocycles. The van der Waals surface area contributed by atoms with E-state index < -0.39 is 0 Å². The van der Waals surface area contributed by atoms with Crippen LogP contribution in [-0.4, -0.2) is 10.5 Å². The molecule has 0 radical (unpaired) electrons. The number of fused-ring (bicyclic) bond motifs is 1. The maximum absolute atomic E-state index is 10.9. The smallest absolute Gasteiger partial charge is 0.221 e. The molecule has 2 aromatic rings. The molecule has 4 heteroatoms. The molecular formula is C11H11BrN2O. The lowest BCUT2D eigenvalue weighted by Gasteiger charge is -1.96. The highest BCUT2D eigenvalue weighted by atomic mass is 79.9. The molecule has 15 heavy (non-hydrogen) atoms. The van der Waals surface area contributed by atoms with Gasteiger partial charge in [0.15, 0.2) is 0 Å². The number of amides is 1. The van der Waals surface area contributed by atoms with E-state index in [0.717, 1.165) is 20.9 Å². The SMILES string of the molecule is Cn1cc(CC(N)=O)c2cc(Br)ccc21. The second kappa shape index (κ2) is 3.70. The zero-order chi connectivity index (χ0) is 11.0. The summed E-state index contributed by atoms with van der Waals surface area (Å²) in [5, 5.41) is 1.07. The second-order valence-electron chi connectivity index (χ2n) is 3.57. The fraction of sp³-hybridized carbons (Fsp3) is 0.182. The molecule has 2 N–H and O–H groups in total. The van der Waals surface area contributed by atoms with E-state index in [0.29, 0.717) is 0 Å². The molecule has 0 atom stereocenters. The van der Waals surface area contributed by atoms with E-state index in [4.69, 9.17) is 5.73 Å². The van der Waals surface area contributed by atoms with Crippen molar-refractivity contribution in [2.75, 3.05) is 0 Å². The molecule has 78 valence electrons. The number of hydrogen-bond acceptors (Lipinski definition) is 1. The number of nitrogens with zero attached hydrogens (tertiary/aromatic N) is 1. The Labute approximate surface area is 96.0 Å². The Bertz CT molecular complexity index is 531. The first-order chi connectivity index (χ1) is 7.08. The highest BCUT2D eigenvalue weighted by Gasteiger charge is 2.08. The third-order valence-corrected chi connectivity index (χ3v) is 2.89. The van der Waals surface area contributed by atoms with Gasteiger partial charge in [0, 0.05) is 28.6 Å². The number of benzene rings is 1. The Morgan fingerprint density at radius 2 is 2.27 bits per heavy atom. The number of halogens is 1. The molecule has 0 aliphatic rings. The van der Waals surface area contributed by atoms with E-state index in [2.05, 4.69) is 15.9 Å². The van der Waals surface area contributed by atoms with Crippen molar-refractivity contribution in [1.82, 2.24) is 4.57 Å². The molecule has 0 unspecified atom stereocenters. The number of carbonyl (C=O) groups excluding carboxylic acids is 1. The lowest BCUT2D eigenvalue weighted by atomic mass is 10.1. The van der Waals surface area contributed by atoms with Gasteiger partial charge in [0.05, 0.1) is 6.42 Å². The number of aryl methyl sites for hydroxylation is 1. The van der Waals surface area contributed by atoms with Crippen LogP contribution in [0.3, 0.4) is 0 Å². The van der Waals surface area contributed by atoms with Crippen molar-refractivity contribution in [1.29, 1.82) is 0 Å². The summed E-state index contributed by atoms with van der Waals surface area (Å²) >= 11 is 3.42. The van der Waals surface area contributed by atoms with E-state index in [-0.39, 0.29) is 12.3 Å². The molecule has 1 aromatic heterocycles. The molecule has 0 saturated carbocycles. The van der Waals surface area contributed by atoms with Gasteiger partial charge >= 0.3 is 0 Å². The lowest BCUT2D eigenvalue weighted by molar-refractivity contribution is -0.117. The number of rotatable bonds is 2. The Morgan fingerprint density at radius 3 is 2.93 bits per heavy atom. The Hall–Kier alpha value is -1.29. The average molecular weight is 267 g/mol. The molecule has 0 fully saturated rings. The Kier molecular flexibility index (Phi) is 2.52. The Morgan fingerprint density at radius 1 is 1.53 bits per heavy atom. The third kappa shape index (κ3) is 1.90. The minimum Gasteiger partial charge on any atom is -0.369 e. The highest BCUT2D eigenvalue weighted by molar-refractivity contribution is 9.10. The third-order valence-electron chi connectivity index (χ3n) is 2.40. The van der Waals surface area contributed by atoms with Gasteiger partial charge in [-0.15, -0.1) is 0 Å². The van der Waals surface area contributed by atoms with Crippen molar-refractivity contribution in [3.05, 3.63) is 34.4 Å². The zero-order valence-corrected chi connectivity index (χ0v) is 9.91. The van der Waals surface area contributed by atoms with Crippen molar-refractivity contribution in [2.24, 2.45) is 12.8 Å². The van der Waals surface area contributed by atoms with Gasteiger partial charge in [-0.2, -0.15) is 0 Å². The molecule has 0 aliphatic heterocycles. The maximum Gasteiger partial charge on any atom is 0.221 e. The van der Waals surface area contributed by atoms with Crippen molar-refractivity contribution < 1.29 is 4.79 Å². The van der Waals surface area contributed by atoms with Crippen LogP contribution < -0.4 is 5.73 Å². The van der Waals surface area contributed by atoms with Crippen LogP contribution in [0.2, 0.25) is 0 Å². The Balaban J connectivity index is 2.64. The second-order valence-corrected chi connectivity index (χ2v) is 4.49. The van der Waals surface area contributed by atoms with Crippen molar-refractivity contribution in [3.63, 3.8) is 0 Å². The minimum absolute atomic E-state index is 0.286. The molecule has 0 saturated heterocycles. The van der Waals surface area contributed by atoms with Gasteiger partial charge in [-0.1, -0.05) is 15.9 Å². The van der Waals surface area contributed by atoms with E-state index in [1.165, 1.54) is 0 Å². The fourth-order valence-corrected chi connectivity index (χ4v) is 2.14. The van der Waals surface area contributed by atoms with E-state index in [9.17, 15) is 4.79 Å². The first-order valence-corrected chi connectivity index (χ1v) is 5.39. The van der Waals surface area contributed by atoms with E-state index in [1.54, 1.807) is 0 Å². The van der Waals surface area contributed by atoms with Gasteiger partial charge in [-0.3, -0.25) is 4.79 Å². The minimum atomic E-state index is -0.303. The van der Waals surface area contributed by atoms with Crippen LogP contribution in [0.15, 0.2) is 28.9 Å². The maximum atomic E-state index is 10.9. The first kappa shape index (κ1) is 10.2. The molecule has 0 bridgehead atoms. The van der Waals surface area contributed by atoms with Gasteiger partial charge in [-0.25, -0.2) is 0 Å². The molecule has 0 aliphatic carbocycles. The summed E-state index contributed by atoms with van der Waals surface area (Å²) in [5.41, 5.74) is 7.28. The fourth-order valence-electron chi connectivity index (χ4n) is 1.77. The van der Waals surface area contributed by atoms with Gasteiger partial charge in [0.25, 0.3) is 0 Å². The largest absolute Gasteiger partial charge is 0.369 e. The van der Waals surface area contributed by atoms with Gasteiger partial charge in [0.2, 0.25) is 5.91 Å². The van der Waals surface area contributed by atoms with Crippen LogP contribution in [0, 0.1) is 0 Å². The van der Waals surface area contributed by atoms with Crippen LogP contribution in [0.25, 0.3) is 10.9 Å². The number of nitrogens with two attached hydrogens (primary N) is 1. The van der Waals surface area contributed by atoms with Gasteiger partial charge < -0.3 is 10.3 Å². The predicted octanol–water partition coefficient (Wildman–Crippen LogP) is 1.97. The summed E-state index contributed by atoms with van der Waals surface area (Å²) in [6.07, 6.45) is 2.23. The summed E-state index contributed by atoms with van der Waals surface area (Å²) in [6, 6.07) is 6.01. The number of aromatic nitrogens is 1. The summed E-state index contributed by atoms with van der Waals surface area (Å²) in [7, 11) is 1.96. The number of hydrogen-bond donors (Lipinski definition) is 1. The summed E-state index contributed by atoms with van der Waals surface area (Å²) < 4.78 is 3.01. The lowest BCUT2D eigenvalue weighted by Crippen LogP contribution is -2.13. The van der Waals surface area contributed by atoms with Crippen LogP contribution in [-0.2, 0) is 18.3 Å². The molecule has 3 nitrogen and oxygen atoms in total. The summed E-state index contributed by atoms with van der Waals surface area (Å²) in [6.45, 7) is 0. The topological polar surface area (TPSA) is 48.0 Å². The van der Waals surface area contributed by atoms with Gasteiger partial charge in [-0.05, 0) is 23.8 Å². The van der Waals surface area contributed by atoms with Crippen molar-refractivity contribution in [3.8, 4) is 0 Å². The molecule has 1 amide bonds. The van der Waals surface area contributed by atoms with Crippen LogP contribution in [0.4, 0.5) is 0 Å². The van der Waals surface area contributed by atoms with Crippen molar-refractivity contribution in [2.45, 2.75) is 6.42 Å². The average Bonchev–Trinajstić information content (AvgIpc) is 2.42. The van der Waals surface area contributed by atoms with Crippen LogP contribution >= 0.6 is 15.9 Å². The molecule has 0 spiro atoms. The van der Waals surface area contributed by atoms with E-state index >= 15 is 0 Å². The van der Waals surface area contributed by atoms with Crippen LogP contribution in [0.1, 0.15) is 5.56 Å². The van der Waals surface area contributed by atoms with Crippen molar-refractivity contribution >= 4 is 32.7 Å².